The molecule has 0 unspecified atom stereocenters. The average Bonchev–Trinajstić information content (AvgIpc) is 3.15. The number of hydrogen-bond donors (Lipinski definition) is 2. The third-order valence-electron chi connectivity index (χ3n) is 4.82. The van der Waals surface area contributed by atoms with Gasteiger partial charge in [0.1, 0.15) is 12.4 Å². The highest BCUT2D eigenvalue weighted by atomic mass is 35.5. The number of carbonyl (C=O) groups excluding carboxylic acids is 1. The predicted octanol–water partition coefficient (Wildman–Crippen LogP) is 7.30. The van der Waals surface area contributed by atoms with Gasteiger partial charge in [0.15, 0.2) is 5.13 Å². The van der Waals surface area contributed by atoms with Crippen LogP contribution in [0.15, 0.2) is 72.8 Å². The molecule has 4 aromatic rings. The molecule has 0 aliphatic carbocycles. The SMILES string of the molecule is Cc1ccc(-c2nc(NC(=O)Nc3ccc(OCc4ccccc4)cc3)sc2C)cc1Cl. The Morgan fingerprint density at radius 3 is 2.47 bits per heavy atom. The van der Waals surface area contributed by atoms with Gasteiger partial charge in [-0.3, -0.25) is 5.32 Å². The number of aromatic nitrogens is 1. The van der Waals surface area contributed by atoms with Gasteiger partial charge < -0.3 is 10.1 Å². The Morgan fingerprint density at radius 2 is 1.75 bits per heavy atom. The van der Waals surface area contributed by atoms with Crippen LogP contribution in [0, 0.1) is 13.8 Å². The van der Waals surface area contributed by atoms with Crippen molar-refractivity contribution in [1.29, 1.82) is 0 Å². The normalized spacial score (nSPS) is 10.6. The molecule has 0 atom stereocenters. The van der Waals surface area contributed by atoms with Crippen molar-refractivity contribution in [3.63, 3.8) is 0 Å². The Balaban J connectivity index is 1.35. The van der Waals surface area contributed by atoms with Crippen LogP contribution >= 0.6 is 22.9 Å². The fourth-order valence-corrected chi connectivity index (χ4v) is 4.10. The van der Waals surface area contributed by atoms with Crippen molar-refractivity contribution in [1.82, 2.24) is 4.98 Å². The highest BCUT2D eigenvalue weighted by molar-refractivity contribution is 7.16. The van der Waals surface area contributed by atoms with Crippen LogP contribution in [0.5, 0.6) is 5.75 Å². The van der Waals surface area contributed by atoms with Crippen LogP contribution in [0.4, 0.5) is 15.6 Å². The lowest BCUT2D eigenvalue weighted by Gasteiger charge is -2.08. The molecule has 0 spiro atoms. The minimum Gasteiger partial charge on any atom is -0.489 e. The van der Waals surface area contributed by atoms with E-state index in [0.29, 0.717) is 22.4 Å². The molecule has 1 aromatic heterocycles. The van der Waals surface area contributed by atoms with E-state index in [2.05, 4.69) is 15.6 Å². The van der Waals surface area contributed by atoms with Gasteiger partial charge in [0.2, 0.25) is 0 Å². The Kier molecular flexibility index (Phi) is 6.73. The highest BCUT2D eigenvalue weighted by Crippen LogP contribution is 2.32. The zero-order valence-electron chi connectivity index (χ0n) is 17.7. The van der Waals surface area contributed by atoms with Crippen LogP contribution in [-0.2, 0) is 6.61 Å². The van der Waals surface area contributed by atoms with Crippen molar-refractivity contribution in [2.45, 2.75) is 20.5 Å². The minimum atomic E-state index is -0.356. The number of carbonyl (C=O) groups is 1. The fraction of sp³-hybridized carbons (Fsp3) is 0.120. The molecule has 2 amide bonds. The van der Waals surface area contributed by atoms with Crippen molar-refractivity contribution in [3.05, 3.63) is 93.8 Å². The van der Waals surface area contributed by atoms with Gasteiger partial charge in [-0.2, -0.15) is 0 Å². The summed E-state index contributed by atoms with van der Waals surface area (Å²) in [6.45, 7) is 4.42. The third-order valence-corrected chi connectivity index (χ3v) is 6.12. The Labute approximate surface area is 196 Å². The Bertz CT molecular complexity index is 1220. The maximum atomic E-state index is 12.4. The van der Waals surface area contributed by atoms with Crippen LogP contribution < -0.4 is 15.4 Å². The van der Waals surface area contributed by atoms with E-state index < -0.39 is 0 Å². The monoisotopic (exact) mass is 463 g/mol. The topological polar surface area (TPSA) is 63.2 Å². The van der Waals surface area contributed by atoms with E-state index in [4.69, 9.17) is 16.3 Å². The van der Waals surface area contributed by atoms with Crippen molar-refractivity contribution in [2.75, 3.05) is 10.6 Å². The molecular weight excluding hydrogens is 442 g/mol. The maximum absolute atomic E-state index is 12.4. The number of ether oxygens (including phenoxy) is 1. The standard InChI is InChI=1S/C25H22ClN3O2S/c1-16-8-9-19(14-22(16)26)23-17(2)32-25(28-23)29-24(30)27-20-10-12-21(13-11-20)31-15-18-6-4-3-5-7-18/h3-14H,15H2,1-2H3,(H2,27,28,29,30). The van der Waals surface area contributed by atoms with Gasteiger partial charge in [0.05, 0.1) is 5.69 Å². The molecule has 32 heavy (non-hydrogen) atoms. The molecule has 2 N–H and O–H groups in total. The number of aryl methyl sites for hydroxylation is 2. The largest absolute Gasteiger partial charge is 0.489 e. The first-order valence-electron chi connectivity index (χ1n) is 10.1. The Hall–Kier alpha value is -3.35. The number of nitrogens with zero attached hydrogens (tertiary/aromatic N) is 1. The molecule has 0 fully saturated rings. The number of thiazole rings is 1. The molecule has 5 nitrogen and oxygen atoms in total. The summed E-state index contributed by atoms with van der Waals surface area (Å²) in [5, 5.41) is 6.83. The maximum Gasteiger partial charge on any atom is 0.325 e. The predicted molar refractivity (Wildman–Crippen MR) is 132 cm³/mol. The van der Waals surface area contributed by atoms with Crippen LogP contribution in [0.3, 0.4) is 0 Å². The molecule has 162 valence electrons. The second-order valence-corrected chi connectivity index (χ2v) is 8.88. The summed E-state index contributed by atoms with van der Waals surface area (Å²) in [6.07, 6.45) is 0. The molecule has 7 heteroatoms. The zero-order valence-corrected chi connectivity index (χ0v) is 19.3. The second-order valence-electron chi connectivity index (χ2n) is 7.27. The first-order chi connectivity index (χ1) is 15.5. The third kappa shape index (κ3) is 5.46. The number of benzene rings is 3. The highest BCUT2D eigenvalue weighted by Gasteiger charge is 2.13. The van der Waals surface area contributed by atoms with Gasteiger partial charge in [-0.25, -0.2) is 9.78 Å². The molecule has 3 aromatic carbocycles. The van der Waals surface area contributed by atoms with E-state index in [1.165, 1.54) is 11.3 Å². The Morgan fingerprint density at radius 1 is 1.00 bits per heavy atom. The molecule has 0 radical (unpaired) electrons. The lowest BCUT2D eigenvalue weighted by Crippen LogP contribution is -2.19. The summed E-state index contributed by atoms with van der Waals surface area (Å²) in [7, 11) is 0. The van der Waals surface area contributed by atoms with E-state index in [9.17, 15) is 4.79 Å². The summed E-state index contributed by atoms with van der Waals surface area (Å²) >= 11 is 7.67. The second kappa shape index (κ2) is 9.85. The summed E-state index contributed by atoms with van der Waals surface area (Å²) < 4.78 is 5.78. The molecular formula is C25H22ClN3O2S. The van der Waals surface area contributed by atoms with Crippen molar-refractivity contribution in [3.8, 4) is 17.0 Å². The molecule has 0 saturated heterocycles. The van der Waals surface area contributed by atoms with E-state index in [0.717, 1.165) is 33.0 Å². The number of anilines is 2. The molecule has 0 bridgehead atoms. The minimum absolute atomic E-state index is 0.356. The van der Waals surface area contributed by atoms with Gasteiger partial charge in [-0.05, 0) is 55.3 Å². The van der Waals surface area contributed by atoms with Crippen molar-refractivity contribution < 1.29 is 9.53 Å². The quantitative estimate of drug-likeness (QED) is 0.315. The van der Waals surface area contributed by atoms with Crippen molar-refractivity contribution in [2.24, 2.45) is 0 Å². The lowest BCUT2D eigenvalue weighted by atomic mass is 10.1. The van der Waals surface area contributed by atoms with E-state index in [-0.39, 0.29) is 6.03 Å². The molecule has 1 heterocycles. The van der Waals surface area contributed by atoms with Gasteiger partial charge in [-0.15, -0.1) is 11.3 Å². The van der Waals surface area contributed by atoms with Gasteiger partial charge in [-0.1, -0.05) is 54.1 Å². The first kappa shape index (κ1) is 21.9. The smallest absolute Gasteiger partial charge is 0.325 e. The van der Waals surface area contributed by atoms with Gasteiger partial charge in [0.25, 0.3) is 0 Å². The summed E-state index contributed by atoms with van der Waals surface area (Å²) in [4.78, 5) is 18.0. The molecule has 4 rings (SSSR count). The van der Waals surface area contributed by atoms with Crippen LogP contribution in [0.1, 0.15) is 16.0 Å². The van der Waals surface area contributed by atoms with Crippen molar-refractivity contribution >= 4 is 39.8 Å². The average molecular weight is 464 g/mol. The van der Waals surface area contributed by atoms with Crippen LogP contribution in [0.2, 0.25) is 5.02 Å². The lowest BCUT2D eigenvalue weighted by molar-refractivity contribution is 0.262. The van der Waals surface area contributed by atoms with Gasteiger partial charge in [0, 0.05) is 21.2 Å². The first-order valence-corrected chi connectivity index (χ1v) is 11.3. The number of amides is 2. The number of hydrogen-bond acceptors (Lipinski definition) is 4. The summed E-state index contributed by atoms with van der Waals surface area (Å²) in [5.74, 6) is 0.733. The molecule has 0 aliphatic heterocycles. The van der Waals surface area contributed by atoms with Crippen LogP contribution in [0.25, 0.3) is 11.3 Å². The van der Waals surface area contributed by atoms with E-state index in [1.807, 2.05) is 74.5 Å². The number of nitrogens with one attached hydrogen (secondary N) is 2. The number of halogens is 1. The summed E-state index contributed by atoms with van der Waals surface area (Å²) in [6, 6.07) is 22.7. The van der Waals surface area contributed by atoms with Crippen LogP contribution in [-0.4, -0.2) is 11.0 Å². The number of rotatable bonds is 6. The number of urea groups is 1. The fourth-order valence-electron chi connectivity index (χ4n) is 3.09. The van der Waals surface area contributed by atoms with E-state index in [1.54, 1.807) is 12.1 Å². The molecule has 0 saturated carbocycles. The van der Waals surface area contributed by atoms with E-state index >= 15 is 0 Å². The summed E-state index contributed by atoms with van der Waals surface area (Å²) in [5.41, 5.74) is 4.51. The molecule has 0 aliphatic rings. The van der Waals surface area contributed by atoms with Gasteiger partial charge >= 0.3 is 6.03 Å². The zero-order chi connectivity index (χ0) is 22.5.